The Balaban J connectivity index is 1.52. The van der Waals surface area contributed by atoms with E-state index in [0.717, 1.165) is 17.1 Å². The number of rotatable bonds is 7. The van der Waals surface area contributed by atoms with E-state index in [4.69, 9.17) is 14.7 Å². The lowest BCUT2D eigenvalue weighted by atomic mass is 10.1. The Kier molecular flexibility index (Phi) is 6.74. The van der Waals surface area contributed by atoms with Crippen LogP contribution in [0, 0.1) is 0 Å². The summed E-state index contributed by atoms with van der Waals surface area (Å²) in [4.78, 5) is 39.6. The van der Waals surface area contributed by atoms with Crippen molar-refractivity contribution in [2.75, 3.05) is 30.5 Å². The third kappa shape index (κ3) is 4.44. The van der Waals surface area contributed by atoms with Crippen molar-refractivity contribution in [1.82, 2.24) is 29.6 Å². The van der Waals surface area contributed by atoms with Gasteiger partial charge in [0.1, 0.15) is 23.9 Å². The maximum Gasteiger partial charge on any atom is 0.407 e. The monoisotopic (exact) mass is 520 g/mol. The third-order valence-corrected chi connectivity index (χ3v) is 7.22. The van der Waals surface area contributed by atoms with Crippen LogP contribution in [0.3, 0.4) is 0 Å². The first-order valence-corrected chi connectivity index (χ1v) is 12.7. The molecule has 5 heterocycles. The first kappa shape index (κ1) is 25.6. The van der Waals surface area contributed by atoms with Gasteiger partial charge < -0.3 is 24.2 Å². The molecule has 0 spiro atoms. The molecular weight excluding hydrogens is 488 g/mol. The minimum Gasteiger partial charge on any atom is -0.465 e. The second kappa shape index (κ2) is 10.0. The van der Waals surface area contributed by atoms with Gasteiger partial charge in [-0.1, -0.05) is 13.0 Å². The van der Waals surface area contributed by atoms with Crippen LogP contribution in [0.4, 0.5) is 16.4 Å². The predicted molar refractivity (Wildman–Crippen MR) is 140 cm³/mol. The summed E-state index contributed by atoms with van der Waals surface area (Å²) in [5.41, 5.74) is 2.39. The normalized spacial score (nSPS) is 16.5. The van der Waals surface area contributed by atoms with Crippen LogP contribution in [0.25, 0.3) is 11.5 Å². The number of nitrogens with zero attached hydrogens (tertiary/aromatic N) is 8. The van der Waals surface area contributed by atoms with Crippen molar-refractivity contribution in [3.63, 3.8) is 0 Å². The number of pyridine rings is 2. The van der Waals surface area contributed by atoms with Gasteiger partial charge in [0.15, 0.2) is 11.6 Å². The quantitative estimate of drug-likeness (QED) is 0.498. The van der Waals surface area contributed by atoms with E-state index in [-0.39, 0.29) is 31.1 Å². The maximum absolute atomic E-state index is 13.7. The molecule has 5 rings (SSSR count). The molecule has 0 bridgehead atoms. The second-order valence-corrected chi connectivity index (χ2v) is 9.96. The zero-order chi connectivity index (χ0) is 27.1. The lowest BCUT2D eigenvalue weighted by Gasteiger charge is -2.25. The number of carbonyl (C=O) groups excluding carboxylic acids is 1. The molecular formula is C26H32N8O4. The van der Waals surface area contributed by atoms with Gasteiger partial charge >= 0.3 is 6.09 Å². The second-order valence-electron chi connectivity index (χ2n) is 9.96. The Morgan fingerprint density at radius 1 is 1.24 bits per heavy atom. The van der Waals surface area contributed by atoms with Gasteiger partial charge in [0.25, 0.3) is 5.91 Å². The summed E-state index contributed by atoms with van der Waals surface area (Å²) in [5.74, 6) is 2.31. The van der Waals surface area contributed by atoms with Crippen LogP contribution < -0.4 is 9.80 Å². The number of anilines is 2. The zero-order valence-electron chi connectivity index (χ0n) is 22.2. The van der Waals surface area contributed by atoms with Crippen molar-refractivity contribution < 1.29 is 19.4 Å². The summed E-state index contributed by atoms with van der Waals surface area (Å²) < 4.78 is 7.73. The van der Waals surface area contributed by atoms with Crippen LogP contribution in [0.15, 0.2) is 24.3 Å². The maximum atomic E-state index is 13.7. The van der Waals surface area contributed by atoms with E-state index in [9.17, 15) is 14.7 Å². The van der Waals surface area contributed by atoms with Crippen LogP contribution in [0.1, 0.15) is 60.7 Å². The zero-order valence-corrected chi connectivity index (χ0v) is 22.2. The van der Waals surface area contributed by atoms with Gasteiger partial charge in [-0.05, 0) is 38.5 Å². The molecule has 0 aromatic carbocycles. The fraction of sp³-hybridized carbons (Fsp3) is 0.462. The molecule has 2 aliphatic heterocycles. The minimum atomic E-state index is -1.06. The van der Waals surface area contributed by atoms with Gasteiger partial charge in [-0.25, -0.2) is 14.8 Å². The summed E-state index contributed by atoms with van der Waals surface area (Å²) >= 11 is 0. The molecule has 0 saturated heterocycles. The Bertz CT molecular complexity index is 1390. The number of carbonyl (C=O) groups is 2. The first-order valence-electron chi connectivity index (χ1n) is 12.7. The first-order chi connectivity index (χ1) is 18.2. The Hall–Kier alpha value is -4.06. The molecule has 0 aliphatic carbocycles. The summed E-state index contributed by atoms with van der Waals surface area (Å²) in [5, 5.41) is 18.2. The van der Waals surface area contributed by atoms with E-state index < -0.39 is 6.09 Å². The number of ether oxygens (including phenoxy) is 1. The molecule has 12 nitrogen and oxygen atoms in total. The molecule has 1 atom stereocenters. The molecule has 3 aromatic rings. The minimum absolute atomic E-state index is 0.0678. The van der Waals surface area contributed by atoms with Gasteiger partial charge in [0.05, 0.1) is 37.0 Å². The average Bonchev–Trinajstić information content (AvgIpc) is 3.49. The van der Waals surface area contributed by atoms with Crippen molar-refractivity contribution >= 4 is 23.6 Å². The summed E-state index contributed by atoms with van der Waals surface area (Å²) in [7, 11) is 3.39. The molecule has 0 radical (unpaired) electrons. The number of aromatic nitrogens is 5. The molecule has 0 saturated carbocycles. The number of carboxylic acid groups (broad SMARTS) is 1. The summed E-state index contributed by atoms with van der Waals surface area (Å²) in [6.07, 6.45) is -0.197. The topological polar surface area (TPSA) is 130 Å². The molecule has 1 unspecified atom stereocenters. The van der Waals surface area contributed by atoms with E-state index in [0.29, 0.717) is 53.2 Å². The van der Waals surface area contributed by atoms with E-state index in [1.807, 2.05) is 37.9 Å². The highest BCUT2D eigenvalue weighted by Crippen LogP contribution is 2.34. The van der Waals surface area contributed by atoms with Gasteiger partial charge in [-0.15, -0.1) is 10.2 Å². The number of hydrogen-bond acceptors (Lipinski definition) is 8. The number of hydrogen-bond donors (Lipinski definition) is 1. The number of amides is 2. The van der Waals surface area contributed by atoms with Crippen molar-refractivity contribution in [3.05, 3.63) is 46.9 Å². The Labute approximate surface area is 220 Å². The molecule has 1 N–H and O–H groups in total. The summed E-state index contributed by atoms with van der Waals surface area (Å²) in [6, 6.07) is 7.55. The summed E-state index contributed by atoms with van der Waals surface area (Å²) in [6.45, 7) is 7.45. The van der Waals surface area contributed by atoms with Crippen LogP contribution in [0.5, 0.6) is 0 Å². The third-order valence-electron chi connectivity index (χ3n) is 7.22. The molecule has 12 heteroatoms. The highest BCUT2D eigenvalue weighted by atomic mass is 16.5. The van der Waals surface area contributed by atoms with Crippen LogP contribution in [0.2, 0.25) is 0 Å². The molecule has 2 amide bonds. The average molecular weight is 521 g/mol. The van der Waals surface area contributed by atoms with E-state index in [2.05, 4.69) is 21.7 Å². The van der Waals surface area contributed by atoms with Gasteiger partial charge in [-0.2, -0.15) is 0 Å². The van der Waals surface area contributed by atoms with Crippen LogP contribution in [-0.2, 0) is 24.4 Å². The van der Waals surface area contributed by atoms with Crippen molar-refractivity contribution in [2.24, 2.45) is 0 Å². The lowest BCUT2D eigenvalue weighted by molar-refractivity contribution is 0.0542. The smallest absolute Gasteiger partial charge is 0.407 e. The Morgan fingerprint density at radius 2 is 2.03 bits per heavy atom. The van der Waals surface area contributed by atoms with Gasteiger partial charge in [-0.3, -0.25) is 9.69 Å². The van der Waals surface area contributed by atoms with Gasteiger partial charge in [0, 0.05) is 25.7 Å². The van der Waals surface area contributed by atoms with E-state index in [1.165, 1.54) is 7.05 Å². The predicted octanol–water partition coefficient (Wildman–Crippen LogP) is 3.33. The highest BCUT2D eigenvalue weighted by molar-refractivity contribution is 6.10. The van der Waals surface area contributed by atoms with Gasteiger partial charge in [0.2, 0.25) is 0 Å². The standard InChI is InChI=1S/C26H32N8O4/c1-6-16-13-38-14-23-29-30-24(34(16)23)19-8-7-9-21(27-19)33-11-18-17(25(33)35)10-22(32(5)15(2)3)28-20(18)12-31(4)26(36)37/h7-10,15-16H,6,11-14H2,1-5H3,(H,36,37). The molecule has 3 aromatic heterocycles. The molecule has 0 fully saturated rings. The fourth-order valence-electron chi connectivity index (χ4n) is 4.75. The fourth-order valence-corrected chi connectivity index (χ4v) is 4.75. The Morgan fingerprint density at radius 3 is 2.74 bits per heavy atom. The SMILES string of the molecule is CCC1COCc2nnc(-c3cccc(N4Cc5c(cc(N(C)C(C)C)nc5CN(C)C(=O)O)C4=O)n3)n21. The van der Waals surface area contributed by atoms with Crippen molar-refractivity contribution in [2.45, 2.75) is 59.0 Å². The van der Waals surface area contributed by atoms with Crippen LogP contribution >= 0.6 is 0 Å². The van der Waals surface area contributed by atoms with Crippen LogP contribution in [-0.4, -0.2) is 73.5 Å². The largest absolute Gasteiger partial charge is 0.465 e. The van der Waals surface area contributed by atoms with E-state index in [1.54, 1.807) is 17.0 Å². The van der Waals surface area contributed by atoms with E-state index >= 15 is 0 Å². The molecule has 2 aliphatic rings. The lowest BCUT2D eigenvalue weighted by Crippen LogP contribution is -2.29. The van der Waals surface area contributed by atoms with Crippen molar-refractivity contribution in [1.29, 1.82) is 0 Å². The molecule has 38 heavy (non-hydrogen) atoms. The van der Waals surface area contributed by atoms with Crippen molar-refractivity contribution in [3.8, 4) is 11.5 Å². The highest BCUT2D eigenvalue weighted by Gasteiger charge is 2.34. The number of fused-ring (bicyclic) bond motifs is 2. The molecule has 200 valence electrons.